The van der Waals surface area contributed by atoms with Crippen LogP contribution < -0.4 is 16.4 Å². The number of anilines is 2. The third-order valence-electron chi connectivity index (χ3n) is 5.71. The highest BCUT2D eigenvalue weighted by molar-refractivity contribution is 5.97. The lowest BCUT2D eigenvalue weighted by Crippen LogP contribution is -2.32. The van der Waals surface area contributed by atoms with Crippen molar-refractivity contribution in [3.63, 3.8) is 0 Å². The van der Waals surface area contributed by atoms with Gasteiger partial charge in [0.1, 0.15) is 5.82 Å². The molecule has 10 heteroatoms. The number of aromatic nitrogens is 4. The zero-order valence-corrected chi connectivity index (χ0v) is 18.8. The van der Waals surface area contributed by atoms with Gasteiger partial charge in [-0.05, 0) is 31.9 Å². The van der Waals surface area contributed by atoms with E-state index < -0.39 is 0 Å². The normalized spacial score (nSPS) is 16.9. The highest BCUT2D eigenvalue weighted by Gasteiger charge is 2.27. The van der Waals surface area contributed by atoms with Crippen LogP contribution in [0, 0.1) is 6.92 Å². The first-order valence-electron chi connectivity index (χ1n) is 10.2. The number of pyridine rings is 1. The minimum Gasteiger partial charge on any atom is -0.397 e. The van der Waals surface area contributed by atoms with Gasteiger partial charge in [-0.3, -0.25) is 4.79 Å². The Morgan fingerprint density at radius 2 is 2.19 bits per heavy atom. The molecule has 0 spiro atoms. The van der Waals surface area contributed by atoms with Gasteiger partial charge in [-0.15, -0.1) is 12.4 Å². The van der Waals surface area contributed by atoms with Crippen LogP contribution >= 0.6 is 12.4 Å². The second-order valence-corrected chi connectivity index (χ2v) is 7.90. The van der Waals surface area contributed by atoms with E-state index in [-0.39, 0.29) is 36.1 Å². The van der Waals surface area contributed by atoms with Crippen LogP contribution in [-0.4, -0.2) is 56.6 Å². The number of halogens is 1. The van der Waals surface area contributed by atoms with E-state index in [0.29, 0.717) is 12.1 Å². The summed E-state index contributed by atoms with van der Waals surface area (Å²) >= 11 is 0. The summed E-state index contributed by atoms with van der Waals surface area (Å²) in [5.41, 5.74) is 15.2. The third kappa shape index (κ3) is 4.28. The van der Waals surface area contributed by atoms with Gasteiger partial charge in [0, 0.05) is 50.2 Å². The molecule has 0 bridgehead atoms. The predicted octanol–water partition coefficient (Wildman–Crippen LogP) is 2.20. The monoisotopic (exact) mass is 444 g/mol. The van der Waals surface area contributed by atoms with Crippen LogP contribution in [0.5, 0.6) is 0 Å². The Morgan fingerprint density at radius 1 is 1.42 bits per heavy atom. The van der Waals surface area contributed by atoms with Crippen molar-refractivity contribution in [1.82, 2.24) is 24.5 Å². The molecule has 166 valence electrons. The van der Waals surface area contributed by atoms with E-state index >= 15 is 0 Å². The van der Waals surface area contributed by atoms with E-state index in [0.717, 1.165) is 42.2 Å². The molecule has 1 amide bonds. The van der Waals surface area contributed by atoms with Crippen molar-refractivity contribution < 1.29 is 4.79 Å². The largest absolute Gasteiger partial charge is 0.397 e. The highest BCUT2D eigenvalue weighted by atomic mass is 35.5. The molecule has 1 aliphatic heterocycles. The van der Waals surface area contributed by atoms with Gasteiger partial charge in [-0.25, -0.2) is 14.5 Å². The summed E-state index contributed by atoms with van der Waals surface area (Å²) in [6, 6.07) is 5.30. The number of nitrogens with two attached hydrogens (primary N) is 2. The van der Waals surface area contributed by atoms with Crippen LogP contribution in [0.4, 0.5) is 11.5 Å². The van der Waals surface area contributed by atoms with Gasteiger partial charge in [0.15, 0.2) is 11.3 Å². The number of rotatable bonds is 5. The molecule has 3 aromatic heterocycles. The maximum atomic E-state index is 13.0. The lowest BCUT2D eigenvalue weighted by molar-refractivity contribution is 0.0717. The predicted molar refractivity (Wildman–Crippen MR) is 124 cm³/mol. The van der Waals surface area contributed by atoms with Gasteiger partial charge < -0.3 is 21.3 Å². The Morgan fingerprint density at radius 3 is 2.84 bits per heavy atom. The van der Waals surface area contributed by atoms with Crippen LogP contribution in [-0.2, 0) is 0 Å². The number of nitrogen functional groups attached to an aromatic ring is 1. The Kier molecular flexibility index (Phi) is 6.66. The SMILES string of the molecule is CC[C@@H](c1cc2nc(N3CC[C@H](N)C3)c(C)cn2n1)N(C)C(=O)c1ncccc1N.Cl. The summed E-state index contributed by atoms with van der Waals surface area (Å²) < 4.78 is 1.78. The fourth-order valence-electron chi connectivity index (χ4n) is 4.07. The summed E-state index contributed by atoms with van der Waals surface area (Å²) in [6.45, 7) is 5.78. The molecule has 3 aromatic rings. The first kappa shape index (κ1) is 22.8. The highest BCUT2D eigenvalue weighted by Crippen LogP contribution is 2.27. The van der Waals surface area contributed by atoms with E-state index in [4.69, 9.17) is 21.5 Å². The van der Waals surface area contributed by atoms with Crippen molar-refractivity contribution in [1.29, 1.82) is 0 Å². The molecule has 4 N–H and O–H groups in total. The lowest BCUT2D eigenvalue weighted by atomic mass is 10.1. The van der Waals surface area contributed by atoms with Gasteiger partial charge in [0.25, 0.3) is 5.91 Å². The van der Waals surface area contributed by atoms with E-state index in [1.165, 1.54) is 0 Å². The van der Waals surface area contributed by atoms with Gasteiger partial charge >= 0.3 is 0 Å². The molecular formula is C21H29ClN8O. The summed E-state index contributed by atoms with van der Waals surface area (Å²) in [7, 11) is 1.75. The minimum atomic E-state index is -0.229. The number of hydrogen-bond acceptors (Lipinski definition) is 7. The molecule has 0 aliphatic carbocycles. The molecule has 0 unspecified atom stereocenters. The third-order valence-corrected chi connectivity index (χ3v) is 5.71. The first-order chi connectivity index (χ1) is 14.4. The average molecular weight is 445 g/mol. The molecule has 2 atom stereocenters. The van der Waals surface area contributed by atoms with Crippen molar-refractivity contribution in [3.05, 3.63) is 47.5 Å². The molecule has 9 nitrogen and oxygen atoms in total. The lowest BCUT2D eigenvalue weighted by Gasteiger charge is -2.25. The molecule has 1 saturated heterocycles. The van der Waals surface area contributed by atoms with E-state index in [1.807, 2.05) is 26.1 Å². The van der Waals surface area contributed by atoms with Crippen molar-refractivity contribution in [2.24, 2.45) is 5.73 Å². The number of carbonyl (C=O) groups excluding carboxylic acids is 1. The Bertz CT molecular complexity index is 1080. The maximum absolute atomic E-state index is 13.0. The minimum absolute atomic E-state index is 0. The maximum Gasteiger partial charge on any atom is 0.274 e. The molecule has 4 heterocycles. The van der Waals surface area contributed by atoms with Crippen LogP contribution in [0.3, 0.4) is 0 Å². The van der Waals surface area contributed by atoms with Crippen molar-refractivity contribution in [3.8, 4) is 0 Å². The number of hydrogen-bond donors (Lipinski definition) is 2. The standard InChI is InChI=1S/C21H28N8O.ClH/c1-4-17(27(3)21(30)19-15(23)6-5-8-24-19)16-10-18-25-20(13(2)11-29(18)26-16)28-9-7-14(22)12-28;/h5-6,8,10-11,14,17H,4,7,9,12,22-23H2,1-3H3;1H/t14-,17-;/m0./s1. The second-order valence-electron chi connectivity index (χ2n) is 7.90. The zero-order chi connectivity index (χ0) is 21.4. The zero-order valence-electron chi connectivity index (χ0n) is 18.0. The van der Waals surface area contributed by atoms with E-state index in [2.05, 4.69) is 9.88 Å². The van der Waals surface area contributed by atoms with Gasteiger partial charge in [0.05, 0.1) is 17.4 Å². The van der Waals surface area contributed by atoms with Crippen LogP contribution in [0.2, 0.25) is 0 Å². The van der Waals surface area contributed by atoms with Gasteiger partial charge in [-0.1, -0.05) is 6.92 Å². The number of aryl methyl sites for hydroxylation is 1. The summed E-state index contributed by atoms with van der Waals surface area (Å²) in [5.74, 6) is 0.716. The molecule has 0 radical (unpaired) electrons. The van der Waals surface area contributed by atoms with Crippen LogP contribution in [0.1, 0.15) is 47.6 Å². The Hall–Kier alpha value is -2.91. The summed E-state index contributed by atoms with van der Waals surface area (Å²) in [4.78, 5) is 25.9. The van der Waals surface area contributed by atoms with Crippen LogP contribution in [0.15, 0.2) is 30.6 Å². The number of carbonyl (C=O) groups is 1. The number of nitrogens with zero attached hydrogens (tertiary/aromatic N) is 6. The summed E-state index contributed by atoms with van der Waals surface area (Å²) in [6.07, 6.45) is 5.22. The molecule has 1 fully saturated rings. The average Bonchev–Trinajstić information content (AvgIpc) is 3.33. The first-order valence-corrected chi connectivity index (χ1v) is 10.2. The number of fused-ring (bicyclic) bond motifs is 1. The number of amides is 1. The molecule has 1 aliphatic rings. The molecule has 31 heavy (non-hydrogen) atoms. The van der Waals surface area contributed by atoms with Crippen molar-refractivity contribution in [2.75, 3.05) is 30.8 Å². The Labute approximate surface area is 187 Å². The topological polar surface area (TPSA) is 119 Å². The fraction of sp³-hybridized carbons (Fsp3) is 0.429. The molecular weight excluding hydrogens is 416 g/mol. The van der Waals surface area contributed by atoms with Gasteiger partial charge in [-0.2, -0.15) is 5.10 Å². The van der Waals surface area contributed by atoms with Crippen molar-refractivity contribution in [2.45, 2.75) is 38.8 Å². The fourth-order valence-corrected chi connectivity index (χ4v) is 4.07. The Balaban J connectivity index is 0.00000272. The van der Waals surface area contributed by atoms with Gasteiger partial charge in [0.2, 0.25) is 0 Å². The van der Waals surface area contributed by atoms with Crippen molar-refractivity contribution >= 4 is 35.5 Å². The van der Waals surface area contributed by atoms with E-state index in [1.54, 1.807) is 34.8 Å². The quantitative estimate of drug-likeness (QED) is 0.619. The van der Waals surface area contributed by atoms with E-state index in [9.17, 15) is 4.79 Å². The molecule has 0 aromatic carbocycles. The molecule has 0 saturated carbocycles. The molecule has 4 rings (SSSR count). The van der Waals surface area contributed by atoms with Crippen LogP contribution in [0.25, 0.3) is 5.65 Å². The second kappa shape index (κ2) is 9.07. The summed E-state index contributed by atoms with van der Waals surface area (Å²) in [5, 5.41) is 4.71. The smallest absolute Gasteiger partial charge is 0.274 e.